The van der Waals surface area contributed by atoms with Gasteiger partial charge in [0.25, 0.3) is 0 Å². The molecule has 1 unspecified atom stereocenters. The minimum atomic E-state index is -3.62. The van der Waals surface area contributed by atoms with Gasteiger partial charge in [0.15, 0.2) is 0 Å². The second-order valence-corrected chi connectivity index (χ2v) is 9.17. The Labute approximate surface area is 142 Å². The van der Waals surface area contributed by atoms with Crippen molar-refractivity contribution in [2.75, 3.05) is 6.61 Å². The monoisotopic (exact) mass is 367 g/mol. The van der Waals surface area contributed by atoms with E-state index >= 15 is 0 Å². The van der Waals surface area contributed by atoms with Crippen LogP contribution in [0.3, 0.4) is 0 Å². The molecule has 1 aromatic rings. The van der Waals surface area contributed by atoms with Gasteiger partial charge in [-0.25, -0.2) is 13.1 Å². The molecule has 0 aliphatic rings. The number of aliphatic hydroxyl groups is 1. The van der Waals surface area contributed by atoms with Gasteiger partial charge in [-0.1, -0.05) is 51.1 Å². The summed E-state index contributed by atoms with van der Waals surface area (Å²) in [6.45, 7) is 4.03. The van der Waals surface area contributed by atoms with Crippen LogP contribution in [0.25, 0.3) is 0 Å². The van der Waals surface area contributed by atoms with E-state index in [9.17, 15) is 13.5 Å². The molecule has 128 valence electrons. The fraction of sp³-hybridized carbons (Fsp3) is 0.733. The number of rotatable bonds is 11. The first kappa shape index (κ1) is 19.9. The average molecular weight is 368 g/mol. The zero-order valence-corrected chi connectivity index (χ0v) is 15.6. The molecular weight excluding hydrogens is 342 g/mol. The molecule has 0 spiro atoms. The van der Waals surface area contributed by atoms with Gasteiger partial charge in [0.2, 0.25) is 10.0 Å². The third-order valence-electron chi connectivity index (χ3n) is 3.72. The van der Waals surface area contributed by atoms with Crippen LogP contribution >= 0.6 is 22.9 Å². The fourth-order valence-electron chi connectivity index (χ4n) is 2.56. The molecule has 0 radical (unpaired) electrons. The van der Waals surface area contributed by atoms with Gasteiger partial charge in [-0.3, -0.25) is 0 Å². The summed E-state index contributed by atoms with van der Waals surface area (Å²) in [7, 11) is -3.62. The first-order chi connectivity index (χ1) is 10.4. The molecule has 7 heteroatoms. The Hall–Kier alpha value is -0.140. The molecule has 0 aliphatic carbocycles. The highest BCUT2D eigenvalue weighted by Gasteiger charge is 2.26. The summed E-state index contributed by atoms with van der Waals surface area (Å²) in [6, 6.07) is 2.62. The topological polar surface area (TPSA) is 66.4 Å². The normalized spacial score (nSPS) is 14.9. The Morgan fingerprint density at radius 2 is 1.95 bits per heavy atom. The van der Waals surface area contributed by atoms with E-state index in [4.69, 9.17) is 11.6 Å². The van der Waals surface area contributed by atoms with Crippen molar-refractivity contribution in [3.63, 3.8) is 0 Å². The quantitative estimate of drug-likeness (QED) is 0.580. The minimum absolute atomic E-state index is 0.159. The van der Waals surface area contributed by atoms with Crippen LogP contribution in [0.4, 0.5) is 0 Å². The van der Waals surface area contributed by atoms with Crippen LogP contribution in [0, 0.1) is 5.92 Å². The summed E-state index contributed by atoms with van der Waals surface area (Å²) < 4.78 is 28.1. The molecule has 0 aromatic carbocycles. The van der Waals surface area contributed by atoms with Crippen molar-refractivity contribution in [2.24, 2.45) is 5.92 Å². The molecule has 22 heavy (non-hydrogen) atoms. The lowest BCUT2D eigenvalue weighted by molar-refractivity contribution is 0.200. The van der Waals surface area contributed by atoms with Crippen molar-refractivity contribution in [3.05, 3.63) is 16.5 Å². The summed E-state index contributed by atoms with van der Waals surface area (Å²) in [5, 5.41) is 9.65. The number of thiophene rings is 1. The molecule has 2 N–H and O–H groups in total. The van der Waals surface area contributed by atoms with Crippen LogP contribution in [0.5, 0.6) is 0 Å². The van der Waals surface area contributed by atoms with Crippen molar-refractivity contribution in [3.8, 4) is 0 Å². The van der Waals surface area contributed by atoms with E-state index in [2.05, 4.69) is 18.6 Å². The lowest BCUT2D eigenvalue weighted by Crippen LogP contribution is -2.42. The molecule has 4 nitrogen and oxygen atoms in total. The average Bonchev–Trinajstić information content (AvgIpc) is 2.92. The number of unbranched alkanes of at least 4 members (excludes halogenated alkanes) is 2. The maximum absolute atomic E-state index is 12.4. The Morgan fingerprint density at radius 1 is 1.23 bits per heavy atom. The largest absolute Gasteiger partial charge is 0.395 e. The van der Waals surface area contributed by atoms with Gasteiger partial charge in [-0.2, -0.15) is 0 Å². The SMILES string of the molecule is CCCCCC(CCC)[C@@H](CO)NS(=O)(=O)c1ccc(Cl)s1. The van der Waals surface area contributed by atoms with Gasteiger partial charge >= 0.3 is 0 Å². The van der Waals surface area contributed by atoms with Crippen molar-refractivity contribution < 1.29 is 13.5 Å². The molecule has 1 heterocycles. The van der Waals surface area contributed by atoms with Crippen LogP contribution in [-0.4, -0.2) is 26.2 Å². The first-order valence-electron chi connectivity index (χ1n) is 7.83. The Balaban J connectivity index is 2.79. The fourth-order valence-corrected chi connectivity index (χ4v) is 5.35. The van der Waals surface area contributed by atoms with Crippen LogP contribution in [-0.2, 0) is 10.0 Å². The van der Waals surface area contributed by atoms with Crippen LogP contribution < -0.4 is 4.72 Å². The van der Waals surface area contributed by atoms with E-state index in [1.807, 2.05) is 0 Å². The van der Waals surface area contributed by atoms with E-state index in [1.54, 1.807) is 6.07 Å². The van der Waals surface area contributed by atoms with E-state index < -0.39 is 16.1 Å². The highest BCUT2D eigenvalue weighted by atomic mass is 35.5. The summed E-state index contributed by atoms with van der Waals surface area (Å²) in [5.74, 6) is 0.159. The number of sulfonamides is 1. The molecular formula is C15H26ClNO3S2. The van der Waals surface area contributed by atoms with E-state index in [-0.39, 0.29) is 16.7 Å². The number of aliphatic hydroxyl groups excluding tert-OH is 1. The maximum Gasteiger partial charge on any atom is 0.250 e. The first-order valence-corrected chi connectivity index (χ1v) is 10.5. The van der Waals surface area contributed by atoms with Crippen LogP contribution in [0.1, 0.15) is 52.4 Å². The molecule has 0 saturated heterocycles. The van der Waals surface area contributed by atoms with Crippen molar-refractivity contribution in [1.29, 1.82) is 0 Å². The van der Waals surface area contributed by atoms with Gasteiger partial charge in [-0.05, 0) is 30.9 Å². The number of halogens is 1. The summed E-state index contributed by atoms with van der Waals surface area (Å²) in [5.41, 5.74) is 0. The number of hydrogen-bond donors (Lipinski definition) is 2. The third kappa shape index (κ3) is 6.16. The van der Waals surface area contributed by atoms with Gasteiger partial charge < -0.3 is 5.11 Å². The van der Waals surface area contributed by atoms with Gasteiger partial charge in [0, 0.05) is 6.04 Å². The number of hydrogen-bond acceptors (Lipinski definition) is 4. The molecule has 1 rings (SSSR count). The summed E-state index contributed by atoms with van der Waals surface area (Å²) in [4.78, 5) is 0. The highest BCUT2D eigenvalue weighted by Crippen LogP contribution is 2.27. The lowest BCUT2D eigenvalue weighted by atomic mass is 9.90. The van der Waals surface area contributed by atoms with Crippen LogP contribution in [0.15, 0.2) is 16.3 Å². The summed E-state index contributed by atoms with van der Waals surface area (Å²) >= 11 is 6.84. The lowest BCUT2D eigenvalue weighted by Gasteiger charge is -2.26. The Bertz CT molecular complexity index is 531. The summed E-state index contributed by atoms with van der Waals surface area (Å²) in [6.07, 6.45) is 6.13. The predicted molar refractivity (Wildman–Crippen MR) is 93.1 cm³/mol. The second kappa shape index (κ2) is 9.88. The number of nitrogens with one attached hydrogen (secondary N) is 1. The Kier molecular flexibility index (Phi) is 8.94. The van der Waals surface area contributed by atoms with Crippen molar-refractivity contribution in [2.45, 2.75) is 62.6 Å². The molecule has 0 aliphatic heterocycles. The molecule has 0 saturated carbocycles. The smallest absolute Gasteiger partial charge is 0.250 e. The zero-order chi connectivity index (χ0) is 16.6. The minimum Gasteiger partial charge on any atom is -0.395 e. The molecule has 2 atom stereocenters. The second-order valence-electron chi connectivity index (χ2n) is 5.51. The van der Waals surface area contributed by atoms with Crippen molar-refractivity contribution >= 4 is 33.0 Å². The van der Waals surface area contributed by atoms with E-state index in [1.165, 1.54) is 6.07 Å². The van der Waals surface area contributed by atoms with Crippen molar-refractivity contribution in [1.82, 2.24) is 4.72 Å². The molecule has 1 aromatic heterocycles. The molecule has 0 bridgehead atoms. The van der Waals surface area contributed by atoms with Gasteiger partial charge in [0.1, 0.15) is 4.21 Å². The predicted octanol–water partition coefficient (Wildman–Crippen LogP) is 4.04. The third-order valence-corrected chi connectivity index (χ3v) is 6.94. The highest BCUT2D eigenvalue weighted by molar-refractivity contribution is 7.91. The maximum atomic E-state index is 12.4. The zero-order valence-electron chi connectivity index (χ0n) is 13.2. The standard InChI is InChI=1S/C15H26ClNO3S2/c1-3-5-6-8-12(7-4-2)13(11-18)17-22(19,20)15-10-9-14(16)21-15/h9-10,12-13,17-18H,3-8,11H2,1-2H3/t12?,13-/m1/s1. The van der Waals surface area contributed by atoms with E-state index in [0.717, 1.165) is 49.9 Å². The van der Waals surface area contributed by atoms with Gasteiger partial charge in [0.05, 0.1) is 10.9 Å². The molecule has 0 fully saturated rings. The molecule has 0 amide bonds. The van der Waals surface area contributed by atoms with Crippen LogP contribution in [0.2, 0.25) is 4.34 Å². The Morgan fingerprint density at radius 3 is 2.45 bits per heavy atom. The van der Waals surface area contributed by atoms with E-state index in [0.29, 0.717) is 4.34 Å². The van der Waals surface area contributed by atoms with Gasteiger partial charge in [-0.15, -0.1) is 11.3 Å².